The molecule has 0 saturated carbocycles. The number of piperidine rings is 1. The Bertz CT molecular complexity index is 165. The number of likely N-dealkylation sites (tertiary alicyclic amines) is 1. The predicted octanol–water partition coefficient (Wildman–Crippen LogP) is 1.86. The smallest absolute Gasteiger partial charge is 0.0593 e. The van der Waals surface area contributed by atoms with E-state index in [-0.39, 0.29) is 0 Å². The topological polar surface area (TPSA) is 38.5 Å². The van der Waals surface area contributed by atoms with E-state index in [1.807, 2.05) is 0 Å². The highest BCUT2D eigenvalue weighted by Crippen LogP contribution is 2.18. The molecule has 1 saturated heterocycles. The van der Waals surface area contributed by atoms with Gasteiger partial charge in [0.15, 0.2) is 0 Å². The maximum Gasteiger partial charge on any atom is 0.0593 e. The van der Waals surface area contributed by atoms with Gasteiger partial charge >= 0.3 is 0 Å². The molecular weight excluding hydrogens is 200 g/mol. The second-order valence-electron chi connectivity index (χ2n) is 5.00. The minimum atomic E-state index is 0.364. The van der Waals surface area contributed by atoms with Gasteiger partial charge in [-0.05, 0) is 45.2 Å². The van der Waals surface area contributed by atoms with Crippen LogP contribution < -0.4 is 5.73 Å². The Morgan fingerprint density at radius 3 is 2.56 bits per heavy atom. The van der Waals surface area contributed by atoms with E-state index in [4.69, 9.17) is 10.5 Å². The Balaban J connectivity index is 1.99. The minimum Gasteiger partial charge on any atom is -0.380 e. The predicted molar refractivity (Wildman–Crippen MR) is 68.5 cm³/mol. The Labute approximate surface area is 100 Å². The summed E-state index contributed by atoms with van der Waals surface area (Å²) >= 11 is 0. The number of nitrogens with zero attached hydrogens (tertiary/aromatic N) is 1. The number of hydrogen-bond donors (Lipinski definition) is 1. The fourth-order valence-electron chi connectivity index (χ4n) is 2.24. The molecule has 0 aromatic rings. The van der Waals surface area contributed by atoms with Crippen LogP contribution in [0.4, 0.5) is 0 Å². The van der Waals surface area contributed by atoms with Crippen molar-refractivity contribution in [1.29, 1.82) is 0 Å². The molecular formula is C13H28N2O. The van der Waals surface area contributed by atoms with E-state index in [1.165, 1.54) is 38.8 Å². The van der Waals surface area contributed by atoms with Gasteiger partial charge in [0.05, 0.1) is 6.61 Å². The van der Waals surface area contributed by atoms with Crippen molar-refractivity contribution >= 4 is 0 Å². The van der Waals surface area contributed by atoms with Crippen LogP contribution in [-0.2, 0) is 4.74 Å². The summed E-state index contributed by atoms with van der Waals surface area (Å²) in [4.78, 5) is 2.50. The molecule has 0 bridgehead atoms. The van der Waals surface area contributed by atoms with Crippen molar-refractivity contribution in [2.24, 2.45) is 11.7 Å². The molecule has 96 valence electrons. The van der Waals surface area contributed by atoms with Crippen LogP contribution in [0.15, 0.2) is 0 Å². The fourth-order valence-corrected chi connectivity index (χ4v) is 2.24. The van der Waals surface area contributed by atoms with Crippen LogP contribution >= 0.6 is 0 Å². The van der Waals surface area contributed by atoms with Crippen LogP contribution in [0.1, 0.15) is 39.5 Å². The van der Waals surface area contributed by atoms with E-state index >= 15 is 0 Å². The summed E-state index contributed by atoms with van der Waals surface area (Å²) in [5.74, 6) is 0.734. The zero-order chi connectivity index (χ0) is 11.8. The third-order valence-corrected chi connectivity index (χ3v) is 3.57. The van der Waals surface area contributed by atoms with E-state index in [9.17, 15) is 0 Å². The van der Waals surface area contributed by atoms with Gasteiger partial charge in [0.25, 0.3) is 0 Å². The number of unbranched alkanes of at least 4 members (excludes halogenated alkanes) is 1. The SMILES string of the molecule is CCCCOCCN1CCC(C(C)N)CC1. The molecule has 0 aliphatic carbocycles. The Morgan fingerprint density at radius 2 is 2.00 bits per heavy atom. The Kier molecular flexibility index (Phi) is 7.01. The first kappa shape index (κ1) is 13.9. The van der Waals surface area contributed by atoms with Crippen molar-refractivity contribution < 1.29 is 4.74 Å². The Morgan fingerprint density at radius 1 is 1.31 bits per heavy atom. The summed E-state index contributed by atoms with van der Waals surface area (Å²) in [5, 5.41) is 0. The molecule has 3 heteroatoms. The standard InChI is InChI=1S/C13H28N2O/c1-3-4-10-16-11-9-15-7-5-13(6-8-15)12(2)14/h12-13H,3-11,14H2,1-2H3. The molecule has 1 fully saturated rings. The van der Waals surface area contributed by atoms with E-state index in [1.54, 1.807) is 0 Å². The van der Waals surface area contributed by atoms with Crippen molar-refractivity contribution in [3.8, 4) is 0 Å². The summed E-state index contributed by atoms with van der Waals surface area (Å²) in [6.45, 7) is 9.63. The first-order chi connectivity index (χ1) is 7.74. The van der Waals surface area contributed by atoms with E-state index in [0.29, 0.717) is 6.04 Å². The maximum absolute atomic E-state index is 5.92. The summed E-state index contributed by atoms with van der Waals surface area (Å²) in [7, 11) is 0. The molecule has 1 unspecified atom stereocenters. The summed E-state index contributed by atoms with van der Waals surface area (Å²) in [6, 6.07) is 0.364. The second kappa shape index (κ2) is 8.04. The molecule has 0 aromatic heterocycles. The van der Waals surface area contributed by atoms with Crippen molar-refractivity contribution in [1.82, 2.24) is 4.90 Å². The van der Waals surface area contributed by atoms with Gasteiger partial charge in [0.1, 0.15) is 0 Å². The molecule has 1 atom stereocenters. The molecule has 1 aliphatic rings. The van der Waals surface area contributed by atoms with E-state index in [0.717, 1.165) is 25.7 Å². The van der Waals surface area contributed by atoms with Crippen LogP contribution in [0.25, 0.3) is 0 Å². The molecule has 1 heterocycles. The highest BCUT2D eigenvalue weighted by molar-refractivity contribution is 4.77. The lowest BCUT2D eigenvalue weighted by Crippen LogP contribution is -2.40. The van der Waals surface area contributed by atoms with Gasteiger partial charge in [-0.1, -0.05) is 13.3 Å². The Hall–Kier alpha value is -0.120. The zero-order valence-electron chi connectivity index (χ0n) is 11.0. The van der Waals surface area contributed by atoms with Gasteiger partial charge in [-0.25, -0.2) is 0 Å². The number of rotatable bonds is 7. The zero-order valence-corrected chi connectivity index (χ0v) is 11.0. The van der Waals surface area contributed by atoms with Crippen molar-refractivity contribution in [3.63, 3.8) is 0 Å². The van der Waals surface area contributed by atoms with Crippen LogP contribution in [-0.4, -0.2) is 43.8 Å². The number of ether oxygens (including phenoxy) is 1. The lowest BCUT2D eigenvalue weighted by atomic mass is 9.91. The highest BCUT2D eigenvalue weighted by Gasteiger charge is 2.21. The molecule has 0 spiro atoms. The molecule has 2 N–H and O–H groups in total. The molecule has 16 heavy (non-hydrogen) atoms. The monoisotopic (exact) mass is 228 g/mol. The van der Waals surface area contributed by atoms with Crippen molar-refractivity contribution in [3.05, 3.63) is 0 Å². The lowest BCUT2D eigenvalue weighted by molar-refractivity contribution is 0.0847. The normalized spacial score (nSPS) is 21.2. The molecule has 1 aliphatic heterocycles. The average Bonchev–Trinajstić information content (AvgIpc) is 2.29. The second-order valence-corrected chi connectivity index (χ2v) is 5.00. The maximum atomic E-state index is 5.92. The molecule has 0 amide bonds. The van der Waals surface area contributed by atoms with E-state index in [2.05, 4.69) is 18.7 Å². The van der Waals surface area contributed by atoms with Crippen molar-refractivity contribution in [2.75, 3.05) is 32.8 Å². The van der Waals surface area contributed by atoms with Gasteiger partial charge in [0.2, 0.25) is 0 Å². The number of nitrogens with two attached hydrogens (primary N) is 1. The largest absolute Gasteiger partial charge is 0.380 e. The van der Waals surface area contributed by atoms with Crippen LogP contribution in [0.2, 0.25) is 0 Å². The fraction of sp³-hybridized carbons (Fsp3) is 1.00. The molecule has 0 aromatic carbocycles. The first-order valence-electron chi connectivity index (χ1n) is 6.79. The third-order valence-electron chi connectivity index (χ3n) is 3.57. The quantitative estimate of drug-likeness (QED) is 0.676. The molecule has 0 radical (unpaired) electrons. The van der Waals surface area contributed by atoms with Crippen LogP contribution in [0, 0.1) is 5.92 Å². The van der Waals surface area contributed by atoms with Crippen molar-refractivity contribution in [2.45, 2.75) is 45.6 Å². The first-order valence-corrected chi connectivity index (χ1v) is 6.79. The van der Waals surface area contributed by atoms with Gasteiger partial charge < -0.3 is 15.4 Å². The average molecular weight is 228 g/mol. The third kappa shape index (κ3) is 5.28. The summed E-state index contributed by atoms with van der Waals surface area (Å²) < 4.78 is 5.58. The lowest BCUT2D eigenvalue weighted by Gasteiger charge is -2.33. The molecule has 3 nitrogen and oxygen atoms in total. The van der Waals surface area contributed by atoms with Crippen LogP contribution in [0.3, 0.4) is 0 Å². The summed E-state index contributed by atoms with van der Waals surface area (Å²) in [5.41, 5.74) is 5.92. The number of hydrogen-bond acceptors (Lipinski definition) is 3. The van der Waals surface area contributed by atoms with Gasteiger partial charge in [-0.15, -0.1) is 0 Å². The van der Waals surface area contributed by atoms with E-state index < -0.39 is 0 Å². The van der Waals surface area contributed by atoms with Gasteiger partial charge in [-0.3, -0.25) is 0 Å². The molecule has 1 rings (SSSR count). The van der Waals surface area contributed by atoms with Gasteiger partial charge in [0, 0.05) is 19.2 Å². The van der Waals surface area contributed by atoms with Crippen LogP contribution in [0.5, 0.6) is 0 Å². The highest BCUT2D eigenvalue weighted by atomic mass is 16.5. The minimum absolute atomic E-state index is 0.364. The summed E-state index contributed by atoms with van der Waals surface area (Å²) in [6.07, 6.45) is 4.92. The van der Waals surface area contributed by atoms with Gasteiger partial charge in [-0.2, -0.15) is 0 Å².